The zero-order valence-corrected chi connectivity index (χ0v) is 26.9. The maximum absolute atomic E-state index is 6.59. The summed E-state index contributed by atoms with van der Waals surface area (Å²) in [6, 6.07) is 58.5. The van der Waals surface area contributed by atoms with E-state index in [1.54, 1.807) is 0 Å². The van der Waals surface area contributed by atoms with Gasteiger partial charge in [0.15, 0.2) is 17.5 Å². The van der Waals surface area contributed by atoms with E-state index in [1.165, 1.54) is 10.9 Å². The highest BCUT2D eigenvalue weighted by Crippen LogP contribution is 2.42. The Kier molecular flexibility index (Phi) is 6.42. The Labute approximate surface area is 287 Å². The van der Waals surface area contributed by atoms with Crippen LogP contribution in [0.25, 0.3) is 94.7 Å². The normalized spacial score (nSPS) is 11.6. The molecule has 0 fully saturated rings. The van der Waals surface area contributed by atoms with E-state index in [4.69, 9.17) is 19.4 Å². The lowest BCUT2D eigenvalue weighted by atomic mass is 9.97. The Hall–Kier alpha value is -6.85. The number of rotatable bonds is 5. The van der Waals surface area contributed by atoms with Gasteiger partial charge in [-0.05, 0) is 53.6 Å². The number of hydrogen-bond acceptors (Lipinski definition) is 4. The molecule has 7 aromatic carbocycles. The van der Waals surface area contributed by atoms with Crippen molar-refractivity contribution in [3.05, 3.63) is 170 Å². The lowest BCUT2D eigenvalue weighted by molar-refractivity contribution is 0.669. The van der Waals surface area contributed by atoms with Crippen LogP contribution in [0.2, 0.25) is 0 Å². The first kappa shape index (κ1) is 28.2. The van der Waals surface area contributed by atoms with Crippen molar-refractivity contribution in [1.29, 1.82) is 0 Å². The topological polar surface area (TPSA) is 56.7 Å². The van der Waals surface area contributed by atoms with Gasteiger partial charge >= 0.3 is 0 Å². The first-order valence-corrected chi connectivity index (χ1v) is 16.7. The predicted molar refractivity (Wildman–Crippen MR) is 203 cm³/mol. The maximum atomic E-state index is 6.59. The average molecular weight is 641 g/mol. The standard InChI is InChI=1S/C45H28N4O/c1-4-14-29(15-5-1)43-46-44(30-16-6-2-7-17-30)48-45(47-43)32-19-12-18-31(26-32)34-23-13-25-40-42(34)37-27-39-36(28-41(37)50-40)35-22-10-11-24-38(35)49(39)33-20-8-3-9-21-33/h1-28H. The molecular formula is C45H28N4O. The van der Waals surface area contributed by atoms with Gasteiger partial charge in [0.1, 0.15) is 11.2 Å². The van der Waals surface area contributed by atoms with Crippen LogP contribution in [0.3, 0.4) is 0 Å². The van der Waals surface area contributed by atoms with Crippen molar-refractivity contribution in [2.45, 2.75) is 0 Å². The second-order valence-electron chi connectivity index (χ2n) is 12.5. The second-order valence-corrected chi connectivity index (χ2v) is 12.5. The Morgan fingerprint density at radius 3 is 1.68 bits per heavy atom. The summed E-state index contributed by atoms with van der Waals surface area (Å²) in [5.74, 6) is 1.90. The molecule has 0 amide bonds. The van der Waals surface area contributed by atoms with Gasteiger partial charge in [-0.15, -0.1) is 0 Å². The van der Waals surface area contributed by atoms with Gasteiger partial charge in [0.25, 0.3) is 0 Å². The Balaban J connectivity index is 1.17. The Bertz CT molecular complexity index is 2800. The van der Waals surface area contributed by atoms with Crippen LogP contribution in [0.5, 0.6) is 0 Å². The third kappa shape index (κ3) is 4.60. The summed E-state index contributed by atoms with van der Waals surface area (Å²) < 4.78 is 8.94. The number of fused-ring (bicyclic) bond motifs is 6. The molecular weight excluding hydrogens is 613 g/mol. The zero-order chi connectivity index (χ0) is 33.0. The Morgan fingerprint density at radius 1 is 0.380 bits per heavy atom. The Morgan fingerprint density at radius 2 is 0.960 bits per heavy atom. The smallest absolute Gasteiger partial charge is 0.164 e. The molecule has 0 radical (unpaired) electrons. The van der Waals surface area contributed by atoms with E-state index >= 15 is 0 Å². The molecule has 3 heterocycles. The van der Waals surface area contributed by atoms with E-state index in [-0.39, 0.29) is 0 Å². The minimum atomic E-state index is 0.623. The van der Waals surface area contributed by atoms with Crippen LogP contribution in [0.15, 0.2) is 174 Å². The van der Waals surface area contributed by atoms with Crippen LogP contribution in [0.4, 0.5) is 0 Å². The van der Waals surface area contributed by atoms with Crippen LogP contribution in [0.1, 0.15) is 0 Å². The van der Waals surface area contributed by atoms with Crippen LogP contribution in [-0.2, 0) is 0 Å². The van der Waals surface area contributed by atoms with Crippen molar-refractivity contribution in [3.63, 3.8) is 0 Å². The number of hydrogen-bond donors (Lipinski definition) is 0. The highest BCUT2D eigenvalue weighted by Gasteiger charge is 2.19. The SMILES string of the molecule is c1ccc(-c2nc(-c3ccccc3)nc(-c3cccc(-c4cccc5oc6cc7c8ccccc8n(-c8ccccc8)c7cc6c45)c3)n2)cc1. The van der Waals surface area contributed by atoms with Crippen LogP contribution < -0.4 is 0 Å². The van der Waals surface area contributed by atoms with Gasteiger partial charge in [-0.2, -0.15) is 0 Å². The van der Waals surface area contributed by atoms with E-state index in [1.807, 2.05) is 60.7 Å². The average Bonchev–Trinajstić information content (AvgIpc) is 3.72. The molecule has 0 unspecified atom stereocenters. The molecule has 0 spiro atoms. The van der Waals surface area contributed by atoms with Gasteiger partial charge in [0, 0.05) is 43.9 Å². The van der Waals surface area contributed by atoms with Crippen molar-refractivity contribution in [2.75, 3.05) is 0 Å². The third-order valence-electron chi connectivity index (χ3n) is 9.43. The molecule has 5 nitrogen and oxygen atoms in total. The summed E-state index contributed by atoms with van der Waals surface area (Å²) in [7, 11) is 0. The molecule has 10 aromatic rings. The molecule has 0 aliphatic heterocycles. The number of para-hydroxylation sites is 2. The molecule has 0 saturated heterocycles. The lowest BCUT2D eigenvalue weighted by Crippen LogP contribution is -2.00. The summed E-state index contributed by atoms with van der Waals surface area (Å²) in [4.78, 5) is 14.9. The van der Waals surface area contributed by atoms with E-state index in [0.29, 0.717) is 17.5 Å². The molecule has 0 aliphatic rings. The van der Waals surface area contributed by atoms with Crippen LogP contribution in [-0.4, -0.2) is 19.5 Å². The summed E-state index contributed by atoms with van der Waals surface area (Å²) in [5, 5.41) is 4.52. The molecule has 50 heavy (non-hydrogen) atoms. The van der Waals surface area contributed by atoms with E-state index < -0.39 is 0 Å². The van der Waals surface area contributed by atoms with Crippen LogP contribution >= 0.6 is 0 Å². The molecule has 234 valence electrons. The first-order valence-electron chi connectivity index (χ1n) is 16.7. The molecule has 0 bridgehead atoms. The van der Waals surface area contributed by atoms with Crippen molar-refractivity contribution >= 4 is 43.7 Å². The fraction of sp³-hybridized carbons (Fsp3) is 0. The number of furan rings is 1. The lowest BCUT2D eigenvalue weighted by Gasteiger charge is -2.10. The second kappa shape index (κ2) is 11.4. The molecule has 0 saturated carbocycles. The van der Waals surface area contributed by atoms with Gasteiger partial charge in [-0.1, -0.05) is 127 Å². The van der Waals surface area contributed by atoms with Crippen molar-refractivity contribution in [2.24, 2.45) is 0 Å². The molecule has 0 N–H and O–H groups in total. The zero-order valence-electron chi connectivity index (χ0n) is 26.9. The number of nitrogens with zero attached hydrogens (tertiary/aromatic N) is 4. The number of benzene rings is 7. The molecule has 10 rings (SSSR count). The quantitative estimate of drug-likeness (QED) is 0.188. The van der Waals surface area contributed by atoms with E-state index in [0.717, 1.165) is 66.3 Å². The highest BCUT2D eigenvalue weighted by atomic mass is 16.3. The first-order chi connectivity index (χ1) is 24.8. The van der Waals surface area contributed by atoms with Gasteiger partial charge in [0.2, 0.25) is 0 Å². The van der Waals surface area contributed by atoms with Crippen molar-refractivity contribution < 1.29 is 4.42 Å². The van der Waals surface area contributed by atoms with Gasteiger partial charge in [-0.25, -0.2) is 15.0 Å². The predicted octanol–water partition coefficient (Wildman–Crippen LogP) is 11.5. The number of aromatic nitrogens is 4. The molecule has 5 heteroatoms. The summed E-state index contributed by atoms with van der Waals surface area (Å²) >= 11 is 0. The van der Waals surface area contributed by atoms with E-state index in [2.05, 4.69) is 114 Å². The van der Waals surface area contributed by atoms with Crippen molar-refractivity contribution in [3.8, 4) is 51.0 Å². The highest BCUT2D eigenvalue weighted by molar-refractivity contribution is 6.19. The minimum absolute atomic E-state index is 0.623. The summed E-state index contributed by atoms with van der Waals surface area (Å²) in [6.07, 6.45) is 0. The van der Waals surface area contributed by atoms with Crippen molar-refractivity contribution in [1.82, 2.24) is 19.5 Å². The molecule has 3 aromatic heterocycles. The van der Waals surface area contributed by atoms with Gasteiger partial charge < -0.3 is 8.98 Å². The minimum Gasteiger partial charge on any atom is -0.456 e. The third-order valence-corrected chi connectivity index (χ3v) is 9.43. The van der Waals surface area contributed by atoms with Crippen LogP contribution in [0, 0.1) is 0 Å². The molecule has 0 atom stereocenters. The largest absolute Gasteiger partial charge is 0.456 e. The van der Waals surface area contributed by atoms with Gasteiger partial charge in [0.05, 0.1) is 11.0 Å². The van der Waals surface area contributed by atoms with E-state index in [9.17, 15) is 0 Å². The maximum Gasteiger partial charge on any atom is 0.164 e. The van der Waals surface area contributed by atoms with Gasteiger partial charge in [-0.3, -0.25) is 0 Å². The summed E-state index contributed by atoms with van der Waals surface area (Å²) in [5.41, 5.74) is 10.1. The fourth-order valence-corrected chi connectivity index (χ4v) is 7.15. The molecule has 0 aliphatic carbocycles. The monoisotopic (exact) mass is 640 g/mol. The summed E-state index contributed by atoms with van der Waals surface area (Å²) in [6.45, 7) is 0. The fourth-order valence-electron chi connectivity index (χ4n) is 7.15.